The predicted molar refractivity (Wildman–Crippen MR) is 53.5 cm³/mol. The molecule has 0 saturated heterocycles. The van der Waals surface area contributed by atoms with Crippen molar-refractivity contribution in [1.82, 2.24) is 15.5 Å². The molecule has 7 heteroatoms. The van der Waals surface area contributed by atoms with E-state index in [2.05, 4.69) is 15.5 Å². The van der Waals surface area contributed by atoms with Gasteiger partial charge in [0, 0.05) is 13.2 Å². The topological polar surface area (TPSA) is 75.1 Å². The molecule has 14 heavy (non-hydrogen) atoms. The van der Waals surface area contributed by atoms with Crippen molar-refractivity contribution in [2.45, 2.75) is 6.92 Å². The van der Waals surface area contributed by atoms with Gasteiger partial charge < -0.3 is 10.4 Å². The van der Waals surface area contributed by atoms with Crippen LogP contribution in [-0.2, 0) is 0 Å². The van der Waals surface area contributed by atoms with E-state index in [4.69, 9.17) is 16.7 Å². The first kappa shape index (κ1) is 11.4. The number of hydrogen-bond donors (Lipinski definition) is 2. The number of carbonyl (C=O) groups excluding carboxylic acids is 1. The Hall–Kier alpha value is -0.720. The Morgan fingerprint density at radius 3 is 2.93 bits per heavy atom. The lowest BCUT2D eigenvalue weighted by Crippen LogP contribution is -2.29. The van der Waals surface area contributed by atoms with Gasteiger partial charge in [0.1, 0.15) is 0 Å². The van der Waals surface area contributed by atoms with Crippen molar-refractivity contribution in [3.05, 3.63) is 9.47 Å². The van der Waals surface area contributed by atoms with Gasteiger partial charge >= 0.3 is 0 Å². The van der Waals surface area contributed by atoms with Crippen LogP contribution in [0.5, 0.6) is 0 Å². The van der Waals surface area contributed by atoms with Crippen molar-refractivity contribution < 1.29 is 9.90 Å². The van der Waals surface area contributed by atoms with Crippen molar-refractivity contribution in [2.75, 3.05) is 13.2 Å². The maximum Gasteiger partial charge on any atom is 0.282 e. The van der Waals surface area contributed by atoms with E-state index in [-0.39, 0.29) is 27.9 Å². The molecule has 0 aliphatic heterocycles. The Balaban J connectivity index is 2.43. The van der Waals surface area contributed by atoms with Crippen LogP contribution >= 0.6 is 22.9 Å². The lowest BCUT2D eigenvalue weighted by atomic mass is 10.2. The van der Waals surface area contributed by atoms with Crippen LogP contribution in [0.25, 0.3) is 0 Å². The first-order valence-electron chi connectivity index (χ1n) is 4.01. The van der Waals surface area contributed by atoms with Gasteiger partial charge in [0.25, 0.3) is 5.91 Å². The van der Waals surface area contributed by atoms with Crippen LogP contribution in [0.2, 0.25) is 4.47 Å². The van der Waals surface area contributed by atoms with E-state index in [1.165, 1.54) is 0 Å². The van der Waals surface area contributed by atoms with Gasteiger partial charge in [-0.1, -0.05) is 18.3 Å². The molecule has 2 N–H and O–H groups in total. The highest BCUT2D eigenvalue weighted by molar-refractivity contribution is 7.17. The SMILES string of the molecule is CC(CO)CNC(=O)c1nnc(Cl)s1. The summed E-state index contributed by atoms with van der Waals surface area (Å²) in [6.07, 6.45) is 0. The third-order valence-corrected chi connectivity index (χ3v) is 2.53. The van der Waals surface area contributed by atoms with Crippen LogP contribution < -0.4 is 5.32 Å². The van der Waals surface area contributed by atoms with Gasteiger partial charge in [-0.25, -0.2) is 0 Å². The van der Waals surface area contributed by atoms with Gasteiger partial charge in [-0.15, -0.1) is 10.2 Å². The number of amides is 1. The smallest absolute Gasteiger partial charge is 0.282 e. The fourth-order valence-electron chi connectivity index (χ4n) is 0.704. The molecule has 0 spiro atoms. The summed E-state index contributed by atoms with van der Waals surface area (Å²) >= 11 is 6.54. The third-order valence-electron chi connectivity index (χ3n) is 1.52. The highest BCUT2D eigenvalue weighted by Gasteiger charge is 2.12. The number of aliphatic hydroxyl groups excluding tert-OH is 1. The van der Waals surface area contributed by atoms with Crippen LogP contribution in [0.15, 0.2) is 0 Å². The Labute approximate surface area is 90.1 Å². The highest BCUT2D eigenvalue weighted by atomic mass is 35.5. The quantitative estimate of drug-likeness (QED) is 0.799. The summed E-state index contributed by atoms with van der Waals surface area (Å²) in [5.74, 6) is -0.281. The number of nitrogens with zero attached hydrogens (tertiary/aromatic N) is 2. The molecule has 0 aromatic carbocycles. The number of nitrogens with one attached hydrogen (secondary N) is 1. The molecule has 1 heterocycles. The second-order valence-corrected chi connectivity index (χ2v) is 4.42. The number of rotatable bonds is 4. The number of hydrogen-bond acceptors (Lipinski definition) is 5. The Morgan fingerprint density at radius 1 is 1.71 bits per heavy atom. The van der Waals surface area contributed by atoms with Crippen molar-refractivity contribution in [1.29, 1.82) is 0 Å². The summed E-state index contributed by atoms with van der Waals surface area (Å²) in [6, 6.07) is 0. The third kappa shape index (κ3) is 3.21. The van der Waals surface area contributed by atoms with Gasteiger partial charge in [0.05, 0.1) is 0 Å². The average molecular weight is 236 g/mol. The minimum absolute atomic E-state index is 0.0299. The zero-order chi connectivity index (χ0) is 10.6. The molecule has 0 bridgehead atoms. The lowest BCUT2D eigenvalue weighted by molar-refractivity contribution is 0.0941. The summed E-state index contributed by atoms with van der Waals surface area (Å²) < 4.78 is 0.241. The summed E-state index contributed by atoms with van der Waals surface area (Å²) in [4.78, 5) is 11.3. The van der Waals surface area contributed by atoms with Crippen molar-refractivity contribution >= 4 is 28.8 Å². The Kier molecular flexibility index (Phi) is 4.24. The maximum absolute atomic E-state index is 11.3. The van der Waals surface area contributed by atoms with E-state index in [1.807, 2.05) is 6.92 Å². The number of carbonyl (C=O) groups is 1. The summed E-state index contributed by atoms with van der Waals surface area (Å²) in [5, 5.41) is 18.7. The predicted octanol–water partition coefficient (Wildman–Crippen LogP) is 0.550. The molecular formula is C7H10ClN3O2S. The zero-order valence-corrected chi connectivity index (χ0v) is 9.10. The molecule has 1 aromatic heterocycles. The summed E-state index contributed by atoms with van der Waals surface area (Å²) in [7, 11) is 0. The van der Waals surface area contributed by atoms with Crippen LogP contribution in [-0.4, -0.2) is 34.4 Å². The molecule has 0 radical (unpaired) electrons. The van der Waals surface area contributed by atoms with E-state index in [0.29, 0.717) is 6.54 Å². The van der Waals surface area contributed by atoms with E-state index < -0.39 is 0 Å². The van der Waals surface area contributed by atoms with Gasteiger partial charge in [0.2, 0.25) is 9.47 Å². The first-order chi connectivity index (χ1) is 6.63. The fraction of sp³-hybridized carbons (Fsp3) is 0.571. The summed E-state index contributed by atoms with van der Waals surface area (Å²) in [6.45, 7) is 2.27. The maximum atomic E-state index is 11.3. The molecule has 0 aliphatic rings. The molecule has 1 amide bonds. The van der Waals surface area contributed by atoms with Gasteiger partial charge in [-0.05, 0) is 17.5 Å². The Morgan fingerprint density at radius 2 is 2.43 bits per heavy atom. The number of halogens is 1. The molecule has 1 unspecified atom stereocenters. The lowest BCUT2D eigenvalue weighted by Gasteiger charge is -2.07. The largest absolute Gasteiger partial charge is 0.396 e. The van der Waals surface area contributed by atoms with Crippen LogP contribution in [0, 0.1) is 5.92 Å². The Bertz CT molecular complexity index is 318. The fourth-order valence-corrected chi connectivity index (χ4v) is 1.45. The minimum Gasteiger partial charge on any atom is -0.396 e. The minimum atomic E-state index is -0.310. The van der Waals surface area contributed by atoms with Crippen LogP contribution in [0.3, 0.4) is 0 Å². The number of aliphatic hydroxyl groups is 1. The van der Waals surface area contributed by atoms with Crippen molar-refractivity contribution in [3.63, 3.8) is 0 Å². The molecule has 0 fully saturated rings. The van der Waals surface area contributed by atoms with Crippen molar-refractivity contribution in [3.8, 4) is 0 Å². The van der Waals surface area contributed by atoms with Crippen LogP contribution in [0.4, 0.5) is 0 Å². The molecule has 5 nitrogen and oxygen atoms in total. The average Bonchev–Trinajstić information content (AvgIpc) is 2.60. The van der Waals surface area contributed by atoms with Gasteiger partial charge in [0.15, 0.2) is 0 Å². The monoisotopic (exact) mass is 235 g/mol. The first-order valence-corrected chi connectivity index (χ1v) is 5.21. The molecule has 0 aliphatic carbocycles. The molecule has 1 aromatic rings. The molecule has 1 rings (SSSR count). The zero-order valence-electron chi connectivity index (χ0n) is 7.53. The normalized spacial score (nSPS) is 12.5. The van der Waals surface area contributed by atoms with Crippen molar-refractivity contribution in [2.24, 2.45) is 5.92 Å². The number of aromatic nitrogens is 2. The van der Waals surface area contributed by atoms with Gasteiger partial charge in [-0.2, -0.15) is 0 Å². The molecule has 0 saturated carbocycles. The van der Waals surface area contributed by atoms with E-state index in [9.17, 15) is 4.79 Å². The van der Waals surface area contributed by atoms with E-state index >= 15 is 0 Å². The van der Waals surface area contributed by atoms with Crippen LogP contribution in [0.1, 0.15) is 16.7 Å². The van der Waals surface area contributed by atoms with E-state index in [0.717, 1.165) is 11.3 Å². The molecule has 78 valence electrons. The standard InChI is InChI=1S/C7H10ClN3O2S/c1-4(3-12)2-9-5(13)6-10-11-7(8)14-6/h4,12H,2-3H2,1H3,(H,9,13). The van der Waals surface area contributed by atoms with E-state index in [1.54, 1.807) is 0 Å². The summed E-state index contributed by atoms with van der Waals surface area (Å²) in [5.41, 5.74) is 0. The molecule has 1 atom stereocenters. The second-order valence-electron chi connectivity index (χ2n) is 2.86. The molecular weight excluding hydrogens is 226 g/mol. The highest BCUT2D eigenvalue weighted by Crippen LogP contribution is 2.14. The van der Waals surface area contributed by atoms with Gasteiger partial charge in [-0.3, -0.25) is 4.79 Å². The second kappa shape index (κ2) is 5.23.